The van der Waals surface area contributed by atoms with E-state index in [1.165, 1.54) is 6.07 Å². The smallest absolute Gasteiger partial charge is 0.239 e. The molecular weight excluding hydrogens is 418 g/mol. The minimum atomic E-state index is -0.801. The molecule has 172 valence electrons. The lowest BCUT2D eigenvalue weighted by atomic mass is 9.90. The van der Waals surface area contributed by atoms with Gasteiger partial charge in [-0.15, -0.1) is 0 Å². The van der Waals surface area contributed by atoms with E-state index in [-0.39, 0.29) is 11.7 Å². The summed E-state index contributed by atoms with van der Waals surface area (Å²) in [5.74, 6) is 0.921. The van der Waals surface area contributed by atoms with Crippen LogP contribution in [0.1, 0.15) is 17.0 Å². The maximum Gasteiger partial charge on any atom is 0.239 e. The van der Waals surface area contributed by atoms with Gasteiger partial charge in [0.05, 0.1) is 45.6 Å². The summed E-state index contributed by atoms with van der Waals surface area (Å²) in [4.78, 5) is 15.3. The molecule has 0 radical (unpaired) electrons. The van der Waals surface area contributed by atoms with Crippen LogP contribution in [-0.2, 0) is 14.3 Å². The summed E-state index contributed by atoms with van der Waals surface area (Å²) in [7, 11) is 4.70. The molecule has 9 nitrogen and oxygen atoms in total. The van der Waals surface area contributed by atoms with Crippen LogP contribution in [0.3, 0.4) is 0 Å². The predicted octanol–water partition coefficient (Wildman–Crippen LogP) is 2.32. The van der Waals surface area contributed by atoms with Gasteiger partial charge in [-0.3, -0.25) is 4.79 Å². The predicted molar refractivity (Wildman–Crippen MR) is 116 cm³/mol. The van der Waals surface area contributed by atoms with E-state index in [9.17, 15) is 9.90 Å². The Hall–Kier alpha value is -3.17. The SMILES string of the molecule is COCCOCCN1C(=O)C(c2cc3c(cc2O)OCCO3)c2c(OC)ccc(OC)c21. The molecule has 2 aliphatic heterocycles. The zero-order valence-corrected chi connectivity index (χ0v) is 18.4. The molecule has 0 saturated carbocycles. The van der Waals surface area contributed by atoms with Gasteiger partial charge in [0, 0.05) is 30.8 Å². The molecule has 1 N–H and O–H groups in total. The zero-order valence-electron chi connectivity index (χ0n) is 18.4. The fourth-order valence-electron chi connectivity index (χ4n) is 4.09. The number of phenols is 1. The first-order chi connectivity index (χ1) is 15.6. The monoisotopic (exact) mass is 445 g/mol. The van der Waals surface area contributed by atoms with Crippen LogP contribution < -0.4 is 23.8 Å². The summed E-state index contributed by atoms with van der Waals surface area (Å²) in [6.45, 7) is 2.31. The van der Waals surface area contributed by atoms with Gasteiger partial charge < -0.3 is 38.4 Å². The van der Waals surface area contributed by atoms with Gasteiger partial charge in [-0.05, 0) is 18.2 Å². The summed E-state index contributed by atoms with van der Waals surface area (Å²) in [5, 5.41) is 10.8. The number of hydrogen-bond acceptors (Lipinski definition) is 8. The third kappa shape index (κ3) is 3.89. The minimum absolute atomic E-state index is 0.0541. The number of methoxy groups -OCH3 is 3. The molecule has 2 aromatic rings. The molecule has 0 fully saturated rings. The number of hydrogen-bond donors (Lipinski definition) is 1. The van der Waals surface area contributed by atoms with Crippen molar-refractivity contribution in [1.82, 2.24) is 0 Å². The molecule has 2 heterocycles. The molecule has 1 atom stereocenters. The average Bonchev–Trinajstić information content (AvgIpc) is 3.10. The van der Waals surface area contributed by atoms with E-state index in [2.05, 4.69) is 0 Å². The second kappa shape index (κ2) is 9.54. The maximum atomic E-state index is 13.7. The summed E-state index contributed by atoms with van der Waals surface area (Å²) < 4.78 is 33.0. The van der Waals surface area contributed by atoms with Crippen molar-refractivity contribution in [3.05, 3.63) is 35.4 Å². The standard InChI is InChI=1S/C23H27NO8/c1-27-8-9-30-7-6-24-22-17(29-3)5-4-16(28-2)21(22)20(23(24)26)14-12-18-19(13-15(14)25)32-11-10-31-18/h4-5,12-13,20,25H,6-11H2,1-3H3. The fraction of sp³-hybridized carbons (Fsp3) is 0.435. The first-order valence-electron chi connectivity index (χ1n) is 10.4. The molecule has 1 amide bonds. The van der Waals surface area contributed by atoms with E-state index in [0.717, 1.165) is 0 Å². The number of benzene rings is 2. The van der Waals surface area contributed by atoms with Crippen LogP contribution in [0, 0.1) is 0 Å². The van der Waals surface area contributed by atoms with E-state index < -0.39 is 5.92 Å². The number of rotatable bonds is 9. The fourth-order valence-corrected chi connectivity index (χ4v) is 4.09. The highest BCUT2D eigenvalue weighted by molar-refractivity contribution is 6.09. The Kier molecular flexibility index (Phi) is 6.57. The summed E-state index contributed by atoms with van der Waals surface area (Å²) in [6, 6.07) is 6.66. The molecule has 2 aliphatic rings. The van der Waals surface area contributed by atoms with Gasteiger partial charge >= 0.3 is 0 Å². The summed E-state index contributed by atoms with van der Waals surface area (Å²) in [6.07, 6.45) is 0. The number of phenolic OH excluding ortho intramolecular Hbond substituents is 1. The van der Waals surface area contributed by atoms with Crippen molar-refractivity contribution in [2.24, 2.45) is 0 Å². The van der Waals surface area contributed by atoms with Gasteiger partial charge in [0.1, 0.15) is 30.5 Å². The third-order valence-electron chi connectivity index (χ3n) is 5.54. The molecular formula is C23H27NO8. The highest BCUT2D eigenvalue weighted by Crippen LogP contribution is 2.53. The van der Waals surface area contributed by atoms with Crippen LogP contribution in [0.25, 0.3) is 0 Å². The van der Waals surface area contributed by atoms with Crippen molar-refractivity contribution in [3.8, 4) is 28.7 Å². The van der Waals surface area contributed by atoms with Crippen LogP contribution in [-0.4, -0.2) is 71.9 Å². The van der Waals surface area contributed by atoms with E-state index in [4.69, 9.17) is 28.4 Å². The largest absolute Gasteiger partial charge is 0.507 e. The molecule has 0 bridgehead atoms. The Morgan fingerprint density at radius 3 is 2.38 bits per heavy atom. The van der Waals surface area contributed by atoms with Crippen molar-refractivity contribution < 1.29 is 38.3 Å². The van der Waals surface area contributed by atoms with Crippen LogP contribution in [0.5, 0.6) is 28.7 Å². The van der Waals surface area contributed by atoms with Crippen LogP contribution >= 0.6 is 0 Å². The Morgan fingerprint density at radius 2 is 1.69 bits per heavy atom. The van der Waals surface area contributed by atoms with Crippen molar-refractivity contribution in [1.29, 1.82) is 0 Å². The van der Waals surface area contributed by atoms with Gasteiger partial charge in [-0.25, -0.2) is 0 Å². The molecule has 32 heavy (non-hydrogen) atoms. The molecule has 4 rings (SSSR count). The second-order valence-corrected chi connectivity index (χ2v) is 7.32. The molecule has 1 unspecified atom stereocenters. The number of carbonyl (C=O) groups excluding carboxylic acids is 1. The maximum absolute atomic E-state index is 13.7. The molecule has 0 spiro atoms. The van der Waals surface area contributed by atoms with E-state index in [0.29, 0.717) is 79.4 Å². The lowest BCUT2D eigenvalue weighted by Crippen LogP contribution is -2.33. The Bertz CT molecular complexity index is 992. The van der Waals surface area contributed by atoms with Crippen LogP contribution in [0.4, 0.5) is 5.69 Å². The number of amides is 1. The van der Waals surface area contributed by atoms with E-state index in [1.807, 2.05) is 0 Å². The molecule has 0 aliphatic carbocycles. The molecule has 0 saturated heterocycles. The van der Waals surface area contributed by atoms with Crippen LogP contribution in [0.2, 0.25) is 0 Å². The number of ether oxygens (including phenoxy) is 6. The minimum Gasteiger partial charge on any atom is -0.507 e. The number of aromatic hydroxyl groups is 1. The van der Waals surface area contributed by atoms with Crippen molar-refractivity contribution in [2.75, 3.05) is 65.8 Å². The second-order valence-electron chi connectivity index (χ2n) is 7.32. The zero-order chi connectivity index (χ0) is 22.7. The van der Waals surface area contributed by atoms with Gasteiger partial charge in [0.2, 0.25) is 5.91 Å². The summed E-state index contributed by atoms with van der Waals surface area (Å²) >= 11 is 0. The average molecular weight is 445 g/mol. The molecule has 2 aromatic carbocycles. The highest BCUT2D eigenvalue weighted by atomic mass is 16.6. The van der Waals surface area contributed by atoms with E-state index >= 15 is 0 Å². The topological polar surface area (TPSA) is 95.9 Å². The molecule has 9 heteroatoms. The number of nitrogens with zero attached hydrogens (tertiary/aromatic N) is 1. The third-order valence-corrected chi connectivity index (χ3v) is 5.54. The van der Waals surface area contributed by atoms with Crippen LogP contribution in [0.15, 0.2) is 24.3 Å². The number of fused-ring (bicyclic) bond motifs is 2. The van der Waals surface area contributed by atoms with Crippen molar-refractivity contribution in [3.63, 3.8) is 0 Å². The van der Waals surface area contributed by atoms with Gasteiger partial charge in [-0.2, -0.15) is 0 Å². The lowest BCUT2D eigenvalue weighted by Gasteiger charge is -2.22. The Morgan fingerprint density at radius 1 is 1.00 bits per heavy atom. The molecule has 0 aromatic heterocycles. The Balaban J connectivity index is 1.77. The first-order valence-corrected chi connectivity index (χ1v) is 10.4. The first kappa shape index (κ1) is 22.0. The summed E-state index contributed by atoms with van der Waals surface area (Å²) in [5.41, 5.74) is 1.64. The number of anilines is 1. The quantitative estimate of drug-likeness (QED) is 0.588. The van der Waals surface area contributed by atoms with Gasteiger partial charge in [-0.1, -0.05) is 0 Å². The lowest BCUT2D eigenvalue weighted by molar-refractivity contribution is -0.118. The Labute approximate surface area is 186 Å². The number of carbonyl (C=O) groups is 1. The highest BCUT2D eigenvalue weighted by Gasteiger charge is 2.44. The van der Waals surface area contributed by atoms with Crippen molar-refractivity contribution >= 4 is 11.6 Å². The van der Waals surface area contributed by atoms with Crippen molar-refractivity contribution in [2.45, 2.75) is 5.92 Å². The van der Waals surface area contributed by atoms with Gasteiger partial charge in [0.15, 0.2) is 11.5 Å². The van der Waals surface area contributed by atoms with E-state index in [1.54, 1.807) is 44.4 Å². The normalized spacial score (nSPS) is 16.8. The van der Waals surface area contributed by atoms with Gasteiger partial charge in [0.25, 0.3) is 0 Å².